The lowest BCUT2D eigenvalue weighted by Crippen LogP contribution is -2.26. The van der Waals surface area contributed by atoms with Gasteiger partial charge in [-0.2, -0.15) is 5.10 Å². The van der Waals surface area contributed by atoms with Gasteiger partial charge in [0.2, 0.25) is 17.6 Å². The Kier molecular flexibility index (Phi) is 6.43. The van der Waals surface area contributed by atoms with Gasteiger partial charge < -0.3 is 19.2 Å². The van der Waals surface area contributed by atoms with E-state index in [1.54, 1.807) is 48.5 Å². The van der Waals surface area contributed by atoms with Gasteiger partial charge in [0.05, 0.1) is 25.3 Å². The summed E-state index contributed by atoms with van der Waals surface area (Å²) in [7, 11) is 2.71. The first-order chi connectivity index (χ1) is 14.5. The van der Waals surface area contributed by atoms with Crippen molar-refractivity contribution in [2.45, 2.75) is 6.42 Å². The molecular weight excluding hydrogens is 390 g/mol. The van der Waals surface area contributed by atoms with Crippen LogP contribution in [0.2, 0.25) is 0 Å². The molecule has 0 unspecified atom stereocenters. The normalized spacial score (nSPS) is 11.1. The maximum Gasteiger partial charge on any atom is 0.374 e. The number of hydrogen-bond acceptors (Lipinski definition) is 7. The summed E-state index contributed by atoms with van der Waals surface area (Å²) in [6, 6.07) is 15.1. The molecule has 3 rings (SSSR count). The number of methoxy groups -OCH3 is 2. The first-order valence-electron chi connectivity index (χ1n) is 8.88. The van der Waals surface area contributed by atoms with Gasteiger partial charge in [-0.3, -0.25) is 9.59 Å². The Morgan fingerprint density at radius 1 is 1.00 bits per heavy atom. The topological polar surface area (TPSA) is 119 Å². The molecule has 3 aromatic rings. The fourth-order valence-electron chi connectivity index (χ4n) is 2.66. The van der Waals surface area contributed by atoms with E-state index in [2.05, 4.69) is 20.6 Å². The molecule has 0 aliphatic carbocycles. The zero-order chi connectivity index (χ0) is 21.5. The minimum absolute atomic E-state index is 0.0712. The minimum atomic E-state index is -0.681. The van der Waals surface area contributed by atoms with E-state index >= 15 is 0 Å². The quantitative estimate of drug-likeness (QED) is 0.366. The highest BCUT2D eigenvalue weighted by Crippen LogP contribution is 2.23. The van der Waals surface area contributed by atoms with E-state index < -0.39 is 24.2 Å². The Hall–Kier alpha value is -4.14. The molecule has 0 saturated heterocycles. The highest BCUT2D eigenvalue weighted by molar-refractivity contribution is 6.04. The molecular formula is C21H19N3O6. The lowest BCUT2D eigenvalue weighted by atomic mass is 10.2. The van der Waals surface area contributed by atoms with E-state index in [0.29, 0.717) is 22.4 Å². The predicted molar refractivity (Wildman–Crippen MR) is 107 cm³/mol. The minimum Gasteiger partial charge on any atom is -0.495 e. The maximum absolute atomic E-state index is 12.2. The van der Waals surface area contributed by atoms with Crippen LogP contribution in [0.1, 0.15) is 17.0 Å². The Labute approximate surface area is 171 Å². The largest absolute Gasteiger partial charge is 0.495 e. The number of esters is 1. The fraction of sp³-hybridized carbons (Fsp3) is 0.143. The van der Waals surface area contributed by atoms with Crippen molar-refractivity contribution in [3.63, 3.8) is 0 Å². The van der Waals surface area contributed by atoms with Crippen LogP contribution in [0.5, 0.6) is 5.75 Å². The lowest BCUT2D eigenvalue weighted by molar-refractivity contribution is -0.126. The molecule has 9 heteroatoms. The van der Waals surface area contributed by atoms with Gasteiger partial charge in [0.15, 0.2) is 0 Å². The monoisotopic (exact) mass is 409 g/mol. The van der Waals surface area contributed by atoms with E-state index in [-0.39, 0.29) is 11.1 Å². The van der Waals surface area contributed by atoms with Crippen molar-refractivity contribution >= 4 is 34.4 Å². The average molecular weight is 409 g/mol. The summed E-state index contributed by atoms with van der Waals surface area (Å²) in [6.07, 6.45) is -0.458. The molecule has 0 fully saturated rings. The molecule has 0 radical (unpaired) electrons. The second-order valence-corrected chi connectivity index (χ2v) is 6.06. The molecule has 0 bridgehead atoms. The highest BCUT2D eigenvalue weighted by Gasteiger charge is 2.13. The number of nitrogens with one attached hydrogen (secondary N) is 2. The maximum atomic E-state index is 12.2. The number of anilines is 1. The molecule has 1 heterocycles. The molecule has 2 aromatic carbocycles. The highest BCUT2D eigenvalue weighted by atomic mass is 16.5. The molecule has 9 nitrogen and oxygen atoms in total. The van der Waals surface area contributed by atoms with Gasteiger partial charge >= 0.3 is 5.97 Å². The molecule has 0 aliphatic rings. The first kappa shape index (κ1) is 20.6. The molecule has 0 aliphatic heterocycles. The van der Waals surface area contributed by atoms with Crippen molar-refractivity contribution in [1.29, 1.82) is 0 Å². The molecule has 0 spiro atoms. The van der Waals surface area contributed by atoms with Gasteiger partial charge in [-0.05, 0) is 24.3 Å². The number of carbonyl (C=O) groups is 3. The summed E-state index contributed by atoms with van der Waals surface area (Å²) in [5, 5.41) is 7.50. The van der Waals surface area contributed by atoms with Crippen LogP contribution in [0, 0.1) is 0 Å². The molecule has 0 saturated carbocycles. The average Bonchev–Trinajstić information content (AvgIpc) is 2.76. The fourth-order valence-corrected chi connectivity index (χ4v) is 2.66. The van der Waals surface area contributed by atoms with Crippen molar-refractivity contribution in [1.82, 2.24) is 5.43 Å². The van der Waals surface area contributed by atoms with Gasteiger partial charge in [0.1, 0.15) is 17.8 Å². The van der Waals surface area contributed by atoms with E-state index in [1.807, 2.05) is 0 Å². The number of carbonyl (C=O) groups excluding carboxylic acids is 3. The van der Waals surface area contributed by atoms with Crippen LogP contribution < -0.4 is 20.8 Å². The number of nitrogens with zero attached hydrogens (tertiary/aromatic N) is 1. The zero-order valence-electron chi connectivity index (χ0n) is 16.3. The van der Waals surface area contributed by atoms with E-state index in [4.69, 9.17) is 9.15 Å². The van der Waals surface area contributed by atoms with Crippen molar-refractivity contribution in [2.75, 3.05) is 19.5 Å². The molecule has 1 aromatic heterocycles. The van der Waals surface area contributed by atoms with E-state index in [1.165, 1.54) is 20.3 Å². The molecule has 2 N–H and O–H groups in total. The number of para-hydroxylation sites is 3. The summed E-state index contributed by atoms with van der Waals surface area (Å²) >= 11 is 0. The van der Waals surface area contributed by atoms with Crippen LogP contribution in [0.3, 0.4) is 0 Å². The van der Waals surface area contributed by atoms with E-state index in [0.717, 1.165) is 0 Å². The Balaban J connectivity index is 1.76. The third kappa shape index (κ3) is 4.82. The molecule has 2 amide bonds. The third-order valence-electron chi connectivity index (χ3n) is 4.04. The summed E-state index contributed by atoms with van der Waals surface area (Å²) in [5.41, 5.74) is 3.16. The van der Waals surface area contributed by atoms with E-state index in [9.17, 15) is 14.4 Å². The summed E-state index contributed by atoms with van der Waals surface area (Å²) < 4.78 is 15.3. The van der Waals surface area contributed by atoms with Crippen molar-refractivity contribution < 1.29 is 28.3 Å². The van der Waals surface area contributed by atoms with Gasteiger partial charge in [-0.25, -0.2) is 10.2 Å². The van der Waals surface area contributed by atoms with Crippen LogP contribution in [0.4, 0.5) is 5.69 Å². The van der Waals surface area contributed by atoms with Gasteiger partial charge in [-0.1, -0.05) is 24.3 Å². The number of ether oxygens (including phenoxy) is 2. The summed E-state index contributed by atoms with van der Waals surface area (Å²) in [6.45, 7) is 0. The SMILES string of the molecule is COC(=O)c1c/c(=N\NC(=O)CC(=O)Nc2ccccc2OC)c2ccccc2o1. The van der Waals surface area contributed by atoms with Gasteiger partial charge in [0.25, 0.3) is 0 Å². The number of hydrogen-bond donors (Lipinski definition) is 2. The van der Waals surface area contributed by atoms with Gasteiger partial charge in [0, 0.05) is 11.5 Å². The van der Waals surface area contributed by atoms with Crippen LogP contribution in [-0.4, -0.2) is 32.0 Å². The Bertz CT molecular complexity index is 1170. The molecule has 30 heavy (non-hydrogen) atoms. The number of amides is 2. The van der Waals surface area contributed by atoms with Crippen LogP contribution in [0.25, 0.3) is 11.0 Å². The lowest BCUT2D eigenvalue weighted by Gasteiger charge is -2.09. The number of rotatable bonds is 6. The first-order valence-corrected chi connectivity index (χ1v) is 8.88. The number of fused-ring (bicyclic) bond motifs is 1. The second kappa shape index (κ2) is 9.37. The molecule has 154 valence electrons. The van der Waals surface area contributed by atoms with Crippen LogP contribution in [0.15, 0.2) is 64.1 Å². The third-order valence-corrected chi connectivity index (χ3v) is 4.04. The van der Waals surface area contributed by atoms with Crippen molar-refractivity contribution in [3.8, 4) is 5.75 Å². The standard InChI is InChI=1S/C21H19N3O6/c1-28-17-10-6-4-8-14(17)22-19(25)12-20(26)24-23-15-11-18(21(27)29-2)30-16-9-5-3-7-13(15)16/h3-11H,12H2,1-2H3,(H,22,25)(H,24,26)/b23-15+. The molecule has 0 atom stereocenters. The van der Waals surface area contributed by atoms with Crippen LogP contribution in [-0.2, 0) is 14.3 Å². The summed E-state index contributed by atoms with van der Waals surface area (Å²) in [4.78, 5) is 36.1. The predicted octanol–water partition coefficient (Wildman–Crippen LogP) is 2.19. The smallest absolute Gasteiger partial charge is 0.374 e. The Morgan fingerprint density at radius 3 is 2.50 bits per heavy atom. The van der Waals surface area contributed by atoms with Crippen molar-refractivity contribution in [2.24, 2.45) is 5.10 Å². The van der Waals surface area contributed by atoms with Crippen LogP contribution >= 0.6 is 0 Å². The Morgan fingerprint density at radius 2 is 1.73 bits per heavy atom. The zero-order valence-corrected chi connectivity index (χ0v) is 16.3. The summed E-state index contributed by atoms with van der Waals surface area (Å²) in [5.74, 6) is -1.44. The second-order valence-electron chi connectivity index (χ2n) is 6.06. The number of benzene rings is 2. The van der Waals surface area contributed by atoms with Crippen molar-refractivity contribution in [3.05, 3.63) is 65.7 Å². The van der Waals surface area contributed by atoms with Gasteiger partial charge in [-0.15, -0.1) is 0 Å².